The van der Waals surface area contributed by atoms with Crippen LogP contribution in [0.25, 0.3) is 0 Å². The van der Waals surface area contributed by atoms with Gasteiger partial charge in [0.1, 0.15) is 5.82 Å². The van der Waals surface area contributed by atoms with E-state index in [4.69, 9.17) is 5.73 Å². The molecule has 0 spiro atoms. The van der Waals surface area contributed by atoms with Gasteiger partial charge in [-0.2, -0.15) is 0 Å². The first-order valence-electron chi connectivity index (χ1n) is 7.47. The Morgan fingerprint density at radius 1 is 1.43 bits per heavy atom. The summed E-state index contributed by atoms with van der Waals surface area (Å²) >= 11 is 0. The summed E-state index contributed by atoms with van der Waals surface area (Å²) in [4.78, 5) is 22.8. The number of likely N-dealkylation sites (N-methyl/N-ethyl adjacent to an activating group) is 1. The van der Waals surface area contributed by atoms with E-state index in [-0.39, 0.29) is 17.5 Å². The van der Waals surface area contributed by atoms with Crippen molar-refractivity contribution >= 4 is 11.6 Å². The number of anilines is 1. The van der Waals surface area contributed by atoms with Crippen LogP contribution in [-0.2, 0) is 0 Å². The highest BCUT2D eigenvalue weighted by Gasteiger charge is 2.15. The van der Waals surface area contributed by atoms with Gasteiger partial charge in [0, 0.05) is 25.0 Å². The number of nitrogen functional groups attached to an aromatic ring is 1. The summed E-state index contributed by atoms with van der Waals surface area (Å²) in [6, 6.07) is 0.499. The molecular formula is C15H27N5O. The fourth-order valence-electron chi connectivity index (χ4n) is 1.83. The highest BCUT2D eigenvalue weighted by atomic mass is 16.1. The number of hydrogen-bond donors (Lipinski definition) is 2. The molecule has 21 heavy (non-hydrogen) atoms. The number of aromatic nitrogens is 2. The number of rotatable bonds is 7. The van der Waals surface area contributed by atoms with Gasteiger partial charge < -0.3 is 16.0 Å². The van der Waals surface area contributed by atoms with Gasteiger partial charge in [-0.05, 0) is 20.4 Å². The Kier molecular flexibility index (Phi) is 6.55. The molecule has 0 saturated heterocycles. The number of amides is 1. The van der Waals surface area contributed by atoms with E-state index >= 15 is 0 Å². The average Bonchev–Trinajstić information content (AvgIpc) is 2.46. The zero-order valence-electron chi connectivity index (χ0n) is 13.7. The van der Waals surface area contributed by atoms with Gasteiger partial charge in [-0.25, -0.2) is 9.97 Å². The van der Waals surface area contributed by atoms with Crippen LogP contribution in [-0.4, -0.2) is 47.0 Å². The Morgan fingerprint density at radius 3 is 2.67 bits per heavy atom. The zero-order chi connectivity index (χ0) is 16.0. The van der Waals surface area contributed by atoms with Crippen LogP contribution in [0.1, 0.15) is 56.3 Å². The van der Waals surface area contributed by atoms with Gasteiger partial charge in [0.2, 0.25) is 0 Å². The maximum atomic E-state index is 12.2. The first-order valence-corrected chi connectivity index (χ1v) is 7.47. The Labute approximate surface area is 127 Å². The van der Waals surface area contributed by atoms with Crippen molar-refractivity contribution in [3.63, 3.8) is 0 Å². The van der Waals surface area contributed by atoms with E-state index in [9.17, 15) is 4.79 Å². The van der Waals surface area contributed by atoms with Crippen LogP contribution in [0.2, 0.25) is 0 Å². The number of nitrogens with zero attached hydrogens (tertiary/aromatic N) is 3. The molecule has 1 atom stereocenters. The topological polar surface area (TPSA) is 84.1 Å². The van der Waals surface area contributed by atoms with Crippen LogP contribution in [0.3, 0.4) is 0 Å². The molecule has 1 rings (SSSR count). The molecule has 6 nitrogen and oxygen atoms in total. The standard InChI is InChI=1S/C15H27N5O/c1-6-11(4)20(5)8-7-17-15(21)13-12(16)9-18-14(19-13)10(2)3/h9-11H,6-8,16H2,1-5H3,(H,17,21). The molecule has 1 amide bonds. The fraction of sp³-hybridized carbons (Fsp3) is 0.667. The summed E-state index contributed by atoms with van der Waals surface area (Å²) in [5.74, 6) is 0.550. The third-order valence-corrected chi connectivity index (χ3v) is 3.66. The Hall–Kier alpha value is -1.69. The molecule has 0 saturated carbocycles. The van der Waals surface area contributed by atoms with Crippen LogP contribution in [0.5, 0.6) is 0 Å². The molecule has 1 aromatic heterocycles. The molecule has 1 aromatic rings. The molecule has 0 fully saturated rings. The third kappa shape index (κ3) is 4.97. The zero-order valence-corrected chi connectivity index (χ0v) is 13.7. The lowest BCUT2D eigenvalue weighted by atomic mass is 10.2. The van der Waals surface area contributed by atoms with Gasteiger partial charge in [-0.3, -0.25) is 4.79 Å². The molecule has 0 bridgehead atoms. The number of carbonyl (C=O) groups is 1. The molecule has 0 aromatic carbocycles. The molecule has 0 aliphatic rings. The lowest BCUT2D eigenvalue weighted by Crippen LogP contribution is -2.37. The highest BCUT2D eigenvalue weighted by Crippen LogP contribution is 2.13. The summed E-state index contributed by atoms with van der Waals surface area (Å²) in [5, 5.41) is 2.86. The molecule has 0 aliphatic heterocycles. The molecule has 0 radical (unpaired) electrons. The second-order valence-electron chi connectivity index (χ2n) is 5.68. The molecule has 118 valence electrons. The number of nitrogens with two attached hydrogens (primary N) is 1. The van der Waals surface area contributed by atoms with Crippen molar-refractivity contribution in [1.82, 2.24) is 20.2 Å². The average molecular weight is 293 g/mol. The highest BCUT2D eigenvalue weighted by molar-refractivity contribution is 5.96. The van der Waals surface area contributed by atoms with E-state index in [1.165, 1.54) is 6.20 Å². The molecule has 3 N–H and O–H groups in total. The Balaban J connectivity index is 2.62. The van der Waals surface area contributed by atoms with Crippen LogP contribution in [0.15, 0.2) is 6.20 Å². The summed E-state index contributed by atoms with van der Waals surface area (Å²) in [7, 11) is 2.05. The van der Waals surface area contributed by atoms with Gasteiger partial charge in [0.05, 0.1) is 11.9 Å². The predicted octanol–water partition coefficient (Wildman–Crippen LogP) is 1.64. The van der Waals surface area contributed by atoms with Crippen molar-refractivity contribution in [3.05, 3.63) is 17.7 Å². The number of nitrogens with one attached hydrogen (secondary N) is 1. The maximum absolute atomic E-state index is 12.2. The van der Waals surface area contributed by atoms with Gasteiger partial charge in [0.15, 0.2) is 5.69 Å². The lowest BCUT2D eigenvalue weighted by Gasteiger charge is -2.23. The molecule has 0 aliphatic carbocycles. The minimum absolute atomic E-state index is 0.161. The van der Waals surface area contributed by atoms with E-state index in [0.29, 0.717) is 24.1 Å². The third-order valence-electron chi connectivity index (χ3n) is 3.66. The van der Waals surface area contributed by atoms with Crippen molar-refractivity contribution < 1.29 is 4.79 Å². The summed E-state index contributed by atoms with van der Waals surface area (Å²) in [5.41, 5.74) is 6.37. The van der Waals surface area contributed by atoms with E-state index < -0.39 is 0 Å². The predicted molar refractivity (Wildman–Crippen MR) is 85.2 cm³/mol. The van der Waals surface area contributed by atoms with Crippen molar-refractivity contribution in [1.29, 1.82) is 0 Å². The van der Waals surface area contributed by atoms with Gasteiger partial charge in [-0.15, -0.1) is 0 Å². The van der Waals surface area contributed by atoms with Crippen LogP contribution in [0, 0.1) is 0 Å². The number of hydrogen-bond acceptors (Lipinski definition) is 5. The second-order valence-corrected chi connectivity index (χ2v) is 5.68. The fourth-order valence-corrected chi connectivity index (χ4v) is 1.83. The second kappa shape index (κ2) is 7.93. The van der Waals surface area contributed by atoms with Crippen molar-refractivity contribution in [3.8, 4) is 0 Å². The summed E-state index contributed by atoms with van der Waals surface area (Å²) < 4.78 is 0. The Bertz CT molecular complexity index is 475. The van der Waals surface area contributed by atoms with E-state index in [1.807, 2.05) is 13.8 Å². The normalized spacial score (nSPS) is 12.7. The van der Waals surface area contributed by atoms with Crippen LogP contribution < -0.4 is 11.1 Å². The Morgan fingerprint density at radius 2 is 2.10 bits per heavy atom. The molecular weight excluding hydrogens is 266 g/mol. The minimum atomic E-state index is -0.241. The first-order chi connectivity index (χ1) is 9.86. The van der Waals surface area contributed by atoms with Crippen LogP contribution >= 0.6 is 0 Å². The smallest absolute Gasteiger partial charge is 0.272 e. The van der Waals surface area contributed by atoms with Gasteiger partial charge >= 0.3 is 0 Å². The molecule has 1 heterocycles. The monoisotopic (exact) mass is 293 g/mol. The van der Waals surface area contributed by atoms with E-state index in [0.717, 1.165) is 13.0 Å². The summed E-state index contributed by atoms with van der Waals surface area (Å²) in [6.45, 7) is 9.64. The van der Waals surface area contributed by atoms with Crippen molar-refractivity contribution in [2.45, 2.75) is 46.1 Å². The van der Waals surface area contributed by atoms with Crippen molar-refractivity contribution in [2.75, 3.05) is 25.9 Å². The van der Waals surface area contributed by atoms with Gasteiger partial charge in [-0.1, -0.05) is 20.8 Å². The minimum Gasteiger partial charge on any atom is -0.396 e. The van der Waals surface area contributed by atoms with E-state index in [1.54, 1.807) is 0 Å². The van der Waals surface area contributed by atoms with Gasteiger partial charge in [0.25, 0.3) is 5.91 Å². The molecule has 6 heteroatoms. The molecule has 1 unspecified atom stereocenters. The number of carbonyl (C=O) groups excluding carboxylic acids is 1. The quantitative estimate of drug-likeness (QED) is 0.798. The summed E-state index contributed by atoms with van der Waals surface area (Å²) in [6.07, 6.45) is 2.59. The maximum Gasteiger partial charge on any atom is 0.272 e. The van der Waals surface area contributed by atoms with Crippen molar-refractivity contribution in [2.24, 2.45) is 0 Å². The largest absolute Gasteiger partial charge is 0.396 e. The SMILES string of the molecule is CCC(C)N(C)CCNC(=O)c1nc(C(C)C)ncc1N. The lowest BCUT2D eigenvalue weighted by molar-refractivity contribution is 0.0943. The van der Waals surface area contributed by atoms with E-state index in [2.05, 4.69) is 41.1 Å². The van der Waals surface area contributed by atoms with Crippen LogP contribution in [0.4, 0.5) is 5.69 Å². The first kappa shape index (κ1) is 17.4.